The molecule has 1 aliphatic rings. The highest BCUT2D eigenvalue weighted by atomic mass is 16.5. The second-order valence-electron chi connectivity index (χ2n) is 3.91. The monoisotopic (exact) mass is 252 g/mol. The molecular weight excluding hydrogens is 236 g/mol. The van der Waals surface area contributed by atoms with E-state index in [9.17, 15) is 4.79 Å². The molecule has 1 saturated heterocycles. The van der Waals surface area contributed by atoms with Gasteiger partial charge in [-0.25, -0.2) is 0 Å². The van der Waals surface area contributed by atoms with Gasteiger partial charge in [-0.15, -0.1) is 0 Å². The molecule has 1 aliphatic heterocycles. The van der Waals surface area contributed by atoms with Crippen LogP contribution in [0.3, 0.4) is 0 Å². The Hall–Kier alpha value is -1.75. The third-order valence-corrected chi connectivity index (χ3v) is 2.94. The van der Waals surface area contributed by atoms with Crippen molar-refractivity contribution in [2.45, 2.75) is 12.5 Å². The highest BCUT2D eigenvalue weighted by Gasteiger charge is 2.32. The first-order valence-electron chi connectivity index (χ1n) is 5.65. The van der Waals surface area contributed by atoms with Crippen LogP contribution in [0.15, 0.2) is 12.1 Å². The van der Waals surface area contributed by atoms with Gasteiger partial charge in [-0.3, -0.25) is 4.79 Å². The molecule has 1 fully saturated rings. The summed E-state index contributed by atoms with van der Waals surface area (Å²) >= 11 is 0. The van der Waals surface area contributed by atoms with Crippen LogP contribution in [0.2, 0.25) is 0 Å². The Labute approximate surface area is 106 Å². The number of benzene rings is 1. The van der Waals surface area contributed by atoms with Gasteiger partial charge in [0.2, 0.25) is 0 Å². The largest absolute Gasteiger partial charge is 0.496 e. The number of carbonyl (C=O) groups excluding carboxylic acids is 1. The third kappa shape index (κ3) is 2.13. The minimum atomic E-state index is -0.610. The lowest BCUT2D eigenvalue weighted by Crippen LogP contribution is -2.10. The smallest absolute Gasteiger partial charge is 0.168 e. The number of rotatable bonds is 4. The Kier molecular flexibility index (Phi) is 3.72. The molecule has 0 amide bonds. The molecular formula is C13H16O5. The first-order chi connectivity index (χ1) is 8.71. The van der Waals surface area contributed by atoms with Gasteiger partial charge in [0.05, 0.1) is 33.5 Å². The molecule has 0 radical (unpaired) electrons. The van der Waals surface area contributed by atoms with Crippen LogP contribution in [0.25, 0.3) is 0 Å². The van der Waals surface area contributed by atoms with E-state index in [1.165, 1.54) is 14.2 Å². The Balaban J connectivity index is 2.52. The lowest BCUT2D eigenvalue weighted by Gasteiger charge is -2.18. The van der Waals surface area contributed by atoms with Gasteiger partial charge in [-0.05, 0) is 0 Å². The average molecular weight is 252 g/mol. The Bertz CT molecular complexity index is 430. The number of hydrogen-bond donors (Lipinski definition) is 0. The van der Waals surface area contributed by atoms with Gasteiger partial charge in [0.1, 0.15) is 23.4 Å². The van der Waals surface area contributed by atoms with E-state index < -0.39 is 6.10 Å². The maximum atomic E-state index is 11.8. The van der Waals surface area contributed by atoms with Crippen molar-refractivity contribution in [2.24, 2.45) is 0 Å². The topological polar surface area (TPSA) is 54.0 Å². The van der Waals surface area contributed by atoms with E-state index in [0.717, 1.165) is 0 Å². The van der Waals surface area contributed by atoms with Gasteiger partial charge < -0.3 is 18.9 Å². The molecule has 0 saturated carbocycles. The zero-order chi connectivity index (χ0) is 13.1. The van der Waals surface area contributed by atoms with E-state index in [2.05, 4.69) is 0 Å². The van der Waals surface area contributed by atoms with E-state index in [1.54, 1.807) is 19.2 Å². The second-order valence-corrected chi connectivity index (χ2v) is 3.91. The van der Waals surface area contributed by atoms with Gasteiger partial charge in [-0.2, -0.15) is 0 Å². The van der Waals surface area contributed by atoms with Crippen LogP contribution in [0, 0.1) is 0 Å². The molecule has 1 aromatic rings. The van der Waals surface area contributed by atoms with Crippen molar-refractivity contribution < 1.29 is 23.7 Å². The van der Waals surface area contributed by atoms with E-state index >= 15 is 0 Å². The fourth-order valence-electron chi connectivity index (χ4n) is 2.04. The summed E-state index contributed by atoms with van der Waals surface area (Å²) in [7, 11) is 4.64. The van der Waals surface area contributed by atoms with E-state index in [4.69, 9.17) is 18.9 Å². The Morgan fingerprint density at radius 2 is 1.72 bits per heavy atom. The molecule has 98 valence electrons. The number of Topliss-reactive ketones (excluding diaryl/α,β-unsaturated/α-hetero) is 1. The number of ether oxygens (including phenoxy) is 4. The second kappa shape index (κ2) is 5.27. The lowest BCUT2D eigenvalue weighted by atomic mass is 10.0. The number of carbonyl (C=O) groups is 1. The first kappa shape index (κ1) is 12.7. The van der Waals surface area contributed by atoms with Crippen LogP contribution in [-0.2, 0) is 9.53 Å². The van der Waals surface area contributed by atoms with Crippen molar-refractivity contribution in [3.63, 3.8) is 0 Å². The quantitative estimate of drug-likeness (QED) is 0.817. The maximum absolute atomic E-state index is 11.8. The zero-order valence-corrected chi connectivity index (χ0v) is 10.7. The van der Waals surface area contributed by atoms with Crippen molar-refractivity contribution in [1.29, 1.82) is 0 Å². The molecule has 0 bridgehead atoms. The van der Waals surface area contributed by atoms with Crippen LogP contribution in [-0.4, -0.2) is 33.7 Å². The summed E-state index contributed by atoms with van der Waals surface area (Å²) in [4.78, 5) is 11.8. The van der Waals surface area contributed by atoms with Crippen molar-refractivity contribution in [2.75, 3.05) is 27.9 Å². The van der Waals surface area contributed by atoms with Gasteiger partial charge in [0.25, 0.3) is 0 Å². The van der Waals surface area contributed by atoms with Crippen molar-refractivity contribution >= 4 is 5.78 Å². The molecule has 5 nitrogen and oxygen atoms in total. The van der Waals surface area contributed by atoms with Crippen molar-refractivity contribution in [1.82, 2.24) is 0 Å². The van der Waals surface area contributed by atoms with Crippen LogP contribution in [0.4, 0.5) is 0 Å². The van der Waals surface area contributed by atoms with Crippen molar-refractivity contribution in [3.05, 3.63) is 17.7 Å². The first-order valence-corrected chi connectivity index (χ1v) is 5.65. The van der Waals surface area contributed by atoms with E-state index in [0.29, 0.717) is 35.8 Å². The Morgan fingerprint density at radius 3 is 2.11 bits per heavy atom. The highest BCUT2D eigenvalue weighted by Crippen LogP contribution is 2.41. The molecule has 0 aromatic heterocycles. The number of hydrogen-bond acceptors (Lipinski definition) is 5. The summed E-state index contributed by atoms with van der Waals surface area (Å²) in [5.74, 6) is 1.72. The van der Waals surface area contributed by atoms with Crippen molar-refractivity contribution in [3.8, 4) is 17.2 Å². The molecule has 2 rings (SSSR count). The lowest BCUT2D eigenvalue weighted by molar-refractivity contribution is -0.122. The molecule has 1 heterocycles. The molecule has 0 aliphatic carbocycles. The molecule has 18 heavy (non-hydrogen) atoms. The molecule has 1 unspecified atom stereocenters. The molecule has 5 heteroatoms. The van der Waals surface area contributed by atoms with Gasteiger partial charge in [0.15, 0.2) is 5.78 Å². The highest BCUT2D eigenvalue weighted by molar-refractivity contribution is 5.87. The third-order valence-electron chi connectivity index (χ3n) is 2.94. The van der Waals surface area contributed by atoms with Crippen LogP contribution < -0.4 is 14.2 Å². The fraction of sp³-hybridized carbons (Fsp3) is 0.462. The van der Waals surface area contributed by atoms with Crippen LogP contribution >= 0.6 is 0 Å². The van der Waals surface area contributed by atoms with Crippen LogP contribution in [0.5, 0.6) is 17.2 Å². The summed E-state index contributed by atoms with van der Waals surface area (Å²) in [6, 6.07) is 3.43. The fourth-order valence-corrected chi connectivity index (χ4v) is 2.04. The van der Waals surface area contributed by atoms with Gasteiger partial charge in [-0.1, -0.05) is 0 Å². The summed E-state index contributed by atoms with van der Waals surface area (Å²) in [5.41, 5.74) is 0.628. The standard InChI is InChI=1S/C13H16O5/c1-15-8-6-10(16-2)12(11(7-8)17-3)13-9(14)4-5-18-13/h6-7,13H,4-5H2,1-3H3. The average Bonchev–Trinajstić information content (AvgIpc) is 2.82. The Morgan fingerprint density at radius 1 is 1.11 bits per heavy atom. The summed E-state index contributed by atoms with van der Waals surface area (Å²) in [5, 5.41) is 0. The summed E-state index contributed by atoms with van der Waals surface area (Å²) < 4.78 is 21.2. The SMILES string of the molecule is COc1cc(OC)c(C2OCCC2=O)c(OC)c1. The van der Waals surface area contributed by atoms with E-state index in [1.807, 2.05) is 0 Å². The van der Waals surface area contributed by atoms with Crippen LogP contribution in [0.1, 0.15) is 18.1 Å². The minimum absolute atomic E-state index is 0.0387. The van der Waals surface area contributed by atoms with Gasteiger partial charge in [0, 0.05) is 18.6 Å². The predicted octanol–water partition coefficient (Wildman–Crippen LogP) is 1.74. The molecule has 1 aromatic carbocycles. The molecule has 0 spiro atoms. The number of methoxy groups -OCH3 is 3. The van der Waals surface area contributed by atoms with Gasteiger partial charge >= 0.3 is 0 Å². The maximum Gasteiger partial charge on any atom is 0.168 e. The zero-order valence-electron chi connectivity index (χ0n) is 10.7. The van der Waals surface area contributed by atoms with E-state index in [-0.39, 0.29) is 5.78 Å². The predicted molar refractivity (Wildman–Crippen MR) is 64.4 cm³/mol. The minimum Gasteiger partial charge on any atom is -0.496 e. The molecule has 1 atom stereocenters. The summed E-state index contributed by atoms with van der Waals surface area (Å²) in [6.07, 6.45) is -0.191. The normalized spacial score (nSPS) is 18.8. The molecule has 0 N–H and O–H groups in total. The number of ketones is 1. The summed E-state index contributed by atoms with van der Waals surface area (Å²) in [6.45, 7) is 0.432.